The molecule has 1 rings (SSSR count). The van der Waals surface area contributed by atoms with Crippen LogP contribution in [0.1, 0.15) is 45.7 Å². The summed E-state index contributed by atoms with van der Waals surface area (Å²) in [6, 6.07) is 5.29. The molecule has 1 aromatic rings. The first-order valence-corrected chi connectivity index (χ1v) is 7.15. The molecule has 0 saturated heterocycles. The zero-order chi connectivity index (χ0) is 12.8. The van der Waals surface area contributed by atoms with Crippen LogP contribution < -0.4 is 5.32 Å². The highest BCUT2D eigenvalue weighted by molar-refractivity contribution is 8.00. The van der Waals surface area contributed by atoms with Gasteiger partial charge in [0.25, 0.3) is 0 Å². The first kappa shape index (κ1) is 14.5. The normalized spacial score (nSPS) is 14.6. The standard InChI is InChI=1S/C14H22FNS/c1-5-10(3)17-14-8-7-12(15)9-13(14)11(4)16-6-2/h7-11,16H,5-6H2,1-4H3. The van der Waals surface area contributed by atoms with Gasteiger partial charge in [0.15, 0.2) is 0 Å². The predicted octanol–water partition coefficient (Wildman–Crippen LogP) is 4.39. The average molecular weight is 255 g/mol. The van der Waals surface area contributed by atoms with Crippen molar-refractivity contribution < 1.29 is 4.39 Å². The molecule has 0 radical (unpaired) electrons. The Bertz CT molecular complexity index is 354. The smallest absolute Gasteiger partial charge is 0.123 e. The summed E-state index contributed by atoms with van der Waals surface area (Å²) in [5, 5.41) is 3.90. The molecular formula is C14H22FNS. The van der Waals surface area contributed by atoms with E-state index < -0.39 is 0 Å². The van der Waals surface area contributed by atoms with E-state index in [4.69, 9.17) is 0 Å². The Balaban J connectivity index is 2.94. The first-order chi connectivity index (χ1) is 8.08. The van der Waals surface area contributed by atoms with Crippen LogP contribution in [0.2, 0.25) is 0 Å². The molecule has 2 atom stereocenters. The van der Waals surface area contributed by atoms with E-state index in [0.717, 1.165) is 18.5 Å². The van der Waals surface area contributed by atoms with Crippen molar-refractivity contribution in [1.29, 1.82) is 0 Å². The van der Waals surface area contributed by atoms with Crippen LogP contribution in [0.4, 0.5) is 4.39 Å². The number of halogens is 1. The highest BCUT2D eigenvalue weighted by atomic mass is 32.2. The van der Waals surface area contributed by atoms with E-state index in [0.29, 0.717) is 5.25 Å². The molecule has 1 aromatic carbocycles. The molecule has 17 heavy (non-hydrogen) atoms. The molecule has 0 heterocycles. The lowest BCUT2D eigenvalue weighted by Crippen LogP contribution is -2.18. The highest BCUT2D eigenvalue weighted by Gasteiger charge is 2.13. The number of hydrogen-bond donors (Lipinski definition) is 1. The zero-order valence-corrected chi connectivity index (χ0v) is 11.9. The molecule has 3 heteroatoms. The van der Waals surface area contributed by atoms with Gasteiger partial charge >= 0.3 is 0 Å². The van der Waals surface area contributed by atoms with Gasteiger partial charge < -0.3 is 5.32 Å². The van der Waals surface area contributed by atoms with Crippen molar-refractivity contribution in [2.45, 2.75) is 50.3 Å². The molecule has 0 aromatic heterocycles. The fraction of sp³-hybridized carbons (Fsp3) is 0.571. The van der Waals surface area contributed by atoms with Gasteiger partial charge in [-0.2, -0.15) is 0 Å². The Hall–Kier alpha value is -0.540. The third-order valence-electron chi connectivity index (χ3n) is 2.85. The second-order valence-electron chi connectivity index (χ2n) is 4.30. The van der Waals surface area contributed by atoms with Crippen LogP contribution in [-0.4, -0.2) is 11.8 Å². The van der Waals surface area contributed by atoms with Gasteiger partial charge in [-0.05, 0) is 43.7 Å². The average Bonchev–Trinajstić information content (AvgIpc) is 2.31. The number of benzene rings is 1. The second-order valence-corrected chi connectivity index (χ2v) is 5.78. The summed E-state index contributed by atoms with van der Waals surface area (Å²) < 4.78 is 13.3. The number of hydrogen-bond acceptors (Lipinski definition) is 2. The summed E-state index contributed by atoms with van der Waals surface area (Å²) in [5.41, 5.74) is 1.07. The molecule has 1 N–H and O–H groups in total. The maximum absolute atomic E-state index is 13.3. The first-order valence-electron chi connectivity index (χ1n) is 6.27. The van der Waals surface area contributed by atoms with Crippen molar-refractivity contribution in [3.05, 3.63) is 29.6 Å². The van der Waals surface area contributed by atoms with E-state index in [-0.39, 0.29) is 11.9 Å². The molecule has 0 aliphatic carbocycles. The topological polar surface area (TPSA) is 12.0 Å². The van der Waals surface area contributed by atoms with E-state index in [1.807, 2.05) is 17.8 Å². The third kappa shape index (κ3) is 4.32. The zero-order valence-electron chi connectivity index (χ0n) is 11.1. The summed E-state index contributed by atoms with van der Waals surface area (Å²) in [6.45, 7) is 9.42. The van der Waals surface area contributed by atoms with Crippen LogP contribution in [0, 0.1) is 5.82 Å². The Morgan fingerprint density at radius 2 is 2.00 bits per heavy atom. The van der Waals surface area contributed by atoms with Crippen molar-refractivity contribution in [2.24, 2.45) is 0 Å². The van der Waals surface area contributed by atoms with Crippen LogP contribution in [0.3, 0.4) is 0 Å². The largest absolute Gasteiger partial charge is 0.310 e. The second kappa shape index (κ2) is 7.02. The Morgan fingerprint density at radius 3 is 2.59 bits per heavy atom. The van der Waals surface area contributed by atoms with Crippen molar-refractivity contribution >= 4 is 11.8 Å². The molecule has 0 spiro atoms. The summed E-state index contributed by atoms with van der Waals surface area (Å²) >= 11 is 1.83. The van der Waals surface area contributed by atoms with Gasteiger partial charge in [0, 0.05) is 16.2 Å². The summed E-state index contributed by atoms with van der Waals surface area (Å²) in [4.78, 5) is 1.19. The minimum atomic E-state index is -0.154. The van der Waals surface area contributed by atoms with Crippen LogP contribution >= 0.6 is 11.8 Å². The quantitative estimate of drug-likeness (QED) is 0.757. The third-order valence-corrected chi connectivity index (χ3v) is 4.21. The number of thioether (sulfide) groups is 1. The van der Waals surface area contributed by atoms with Crippen molar-refractivity contribution in [3.63, 3.8) is 0 Å². The minimum Gasteiger partial charge on any atom is -0.310 e. The van der Waals surface area contributed by atoms with E-state index >= 15 is 0 Å². The predicted molar refractivity (Wildman–Crippen MR) is 74.1 cm³/mol. The Morgan fingerprint density at radius 1 is 1.29 bits per heavy atom. The molecule has 96 valence electrons. The maximum atomic E-state index is 13.3. The van der Waals surface area contributed by atoms with E-state index in [9.17, 15) is 4.39 Å². The molecular weight excluding hydrogens is 233 g/mol. The monoisotopic (exact) mass is 255 g/mol. The molecule has 0 saturated carbocycles. The van der Waals surface area contributed by atoms with Gasteiger partial charge in [-0.3, -0.25) is 0 Å². The van der Waals surface area contributed by atoms with Crippen LogP contribution in [0.15, 0.2) is 23.1 Å². The summed E-state index contributed by atoms with van der Waals surface area (Å²) in [6.07, 6.45) is 1.12. The molecule has 0 aliphatic heterocycles. The maximum Gasteiger partial charge on any atom is 0.123 e. The SMILES string of the molecule is CCNC(C)c1cc(F)ccc1SC(C)CC. The van der Waals surface area contributed by atoms with Gasteiger partial charge in [-0.1, -0.05) is 20.8 Å². The van der Waals surface area contributed by atoms with Gasteiger partial charge in [-0.15, -0.1) is 11.8 Å². The molecule has 0 amide bonds. The fourth-order valence-electron chi connectivity index (χ4n) is 1.68. The molecule has 2 unspecified atom stereocenters. The molecule has 0 fully saturated rings. The van der Waals surface area contributed by atoms with Gasteiger partial charge in [-0.25, -0.2) is 4.39 Å². The number of rotatable bonds is 6. The lowest BCUT2D eigenvalue weighted by molar-refractivity contribution is 0.574. The fourth-order valence-corrected chi connectivity index (χ4v) is 2.80. The molecule has 0 bridgehead atoms. The summed E-state index contributed by atoms with van der Waals surface area (Å²) in [7, 11) is 0. The van der Waals surface area contributed by atoms with Crippen LogP contribution in [0.25, 0.3) is 0 Å². The lowest BCUT2D eigenvalue weighted by Gasteiger charge is -2.18. The van der Waals surface area contributed by atoms with E-state index in [1.54, 1.807) is 12.1 Å². The van der Waals surface area contributed by atoms with Gasteiger partial charge in [0.05, 0.1) is 0 Å². The van der Waals surface area contributed by atoms with Crippen molar-refractivity contribution in [1.82, 2.24) is 5.32 Å². The van der Waals surface area contributed by atoms with Crippen LogP contribution in [-0.2, 0) is 0 Å². The Labute approximate surface area is 108 Å². The van der Waals surface area contributed by atoms with Crippen molar-refractivity contribution in [3.8, 4) is 0 Å². The molecule has 1 nitrogen and oxygen atoms in total. The van der Waals surface area contributed by atoms with Crippen LogP contribution in [0.5, 0.6) is 0 Å². The van der Waals surface area contributed by atoms with Gasteiger partial charge in [0.2, 0.25) is 0 Å². The van der Waals surface area contributed by atoms with Crippen molar-refractivity contribution in [2.75, 3.05) is 6.54 Å². The lowest BCUT2D eigenvalue weighted by atomic mass is 10.1. The number of nitrogens with one attached hydrogen (secondary N) is 1. The minimum absolute atomic E-state index is 0.154. The van der Waals surface area contributed by atoms with Gasteiger partial charge in [0.1, 0.15) is 5.82 Å². The van der Waals surface area contributed by atoms with E-state index in [1.165, 1.54) is 4.90 Å². The highest BCUT2D eigenvalue weighted by Crippen LogP contribution is 2.32. The van der Waals surface area contributed by atoms with E-state index in [2.05, 4.69) is 33.0 Å². The molecule has 0 aliphatic rings. The Kier molecular flexibility index (Phi) is 6.00. The summed E-state index contributed by atoms with van der Waals surface area (Å²) in [5.74, 6) is -0.154.